The molecule has 60 valence electrons. The molecule has 0 aliphatic rings. The van der Waals surface area contributed by atoms with Crippen molar-refractivity contribution < 1.29 is 10.0 Å². The highest BCUT2D eigenvalue weighted by atomic mass is 16.4. The molecule has 0 saturated carbocycles. The first-order valence-electron chi connectivity index (χ1n) is 3.22. The summed E-state index contributed by atoms with van der Waals surface area (Å²) in [7, 11) is -1.36. The van der Waals surface area contributed by atoms with Gasteiger partial charge in [0.2, 0.25) is 0 Å². The third-order valence-electron chi connectivity index (χ3n) is 1.05. The largest absolute Gasteiger partial charge is 0.468 e. The van der Waals surface area contributed by atoms with Crippen molar-refractivity contribution in [2.75, 3.05) is 19.5 Å². The van der Waals surface area contributed by atoms with Crippen molar-refractivity contribution in [1.29, 1.82) is 0 Å². The third kappa shape index (κ3) is 5.99. The van der Waals surface area contributed by atoms with Crippen LogP contribution in [-0.2, 0) is 0 Å². The standard InChI is InChI=1S/C4H14BN3O2/c6-2-1-3-8(7)4-5(9)10/h9-10H,1-4,6-7H2. The lowest BCUT2D eigenvalue weighted by Gasteiger charge is -2.14. The van der Waals surface area contributed by atoms with Gasteiger partial charge in [0, 0.05) is 13.0 Å². The second-order valence-electron chi connectivity index (χ2n) is 2.12. The van der Waals surface area contributed by atoms with Crippen molar-refractivity contribution in [3.8, 4) is 0 Å². The number of hydrazine groups is 1. The normalized spacial score (nSPS) is 10.5. The smallest absolute Gasteiger partial charge is 0.426 e. The maximum absolute atomic E-state index is 8.42. The molecule has 0 aliphatic heterocycles. The summed E-state index contributed by atoms with van der Waals surface area (Å²) in [5.74, 6) is 5.32. The van der Waals surface area contributed by atoms with Gasteiger partial charge in [-0.3, -0.25) is 5.84 Å². The molecular weight excluding hydrogens is 133 g/mol. The molecule has 0 aromatic heterocycles. The van der Waals surface area contributed by atoms with Crippen LogP contribution in [0.15, 0.2) is 0 Å². The van der Waals surface area contributed by atoms with E-state index in [1.165, 1.54) is 5.01 Å². The van der Waals surface area contributed by atoms with E-state index in [2.05, 4.69) is 0 Å². The molecule has 0 radical (unpaired) electrons. The second-order valence-corrected chi connectivity index (χ2v) is 2.12. The van der Waals surface area contributed by atoms with Crippen LogP contribution in [0, 0.1) is 0 Å². The van der Waals surface area contributed by atoms with Gasteiger partial charge in [-0.1, -0.05) is 0 Å². The van der Waals surface area contributed by atoms with Crippen molar-refractivity contribution in [2.24, 2.45) is 11.6 Å². The Hall–Kier alpha value is -0.135. The van der Waals surface area contributed by atoms with E-state index in [-0.39, 0.29) is 6.44 Å². The van der Waals surface area contributed by atoms with E-state index in [0.717, 1.165) is 6.42 Å². The molecule has 0 heterocycles. The van der Waals surface area contributed by atoms with Crippen LogP contribution in [0.3, 0.4) is 0 Å². The maximum Gasteiger partial charge on any atom is 0.468 e. The fraction of sp³-hybridized carbons (Fsp3) is 1.00. The summed E-state index contributed by atoms with van der Waals surface area (Å²) in [4.78, 5) is 0. The average Bonchev–Trinajstić information content (AvgIpc) is 1.82. The van der Waals surface area contributed by atoms with E-state index >= 15 is 0 Å². The summed E-state index contributed by atoms with van der Waals surface area (Å²) in [6, 6.07) is 0. The molecular formula is C4H14BN3O2. The van der Waals surface area contributed by atoms with Crippen molar-refractivity contribution in [3.05, 3.63) is 0 Å². The highest BCUT2D eigenvalue weighted by molar-refractivity contribution is 6.41. The zero-order valence-electron chi connectivity index (χ0n) is 5.90. The Bertz CT molecular complexity index is 82.9. The summed E-state index contributed by atoms with van der Waals surface area (Å²) >= 11 is 0. The predicted octanol–water partition coefficient (Wildman–Crippen LogP) is -2.48. The molecule has 5 nitrogen and oxygen atoms in total. The highest BCUT2D eigenvalue weighted by Crippen LogP contribution is 1.81. The monoisotopic (exact) mass is 147 g/mol. The van der Waals surface area contributed by atoms with Crippen molar-refractivity contribution in [1.82, 2.24) is 5.01 Å². The van der Waals surface area contributed by atoms with Gasteiger partial charge in [0.05, 0.1) is 0 Å². The van der Waals surface area contributed by atoms with E-state index in [1.807, 2.05) is 0 Å². The van der Waals surface area contributed by atoms with Crippen LogP contribution in [-0.4, -0.2) is 41.7 Å². The first kappa shape index (κ1) is 9.86. The van der Waals surface area contributed by atoms with Gasteiger partial charge in [-0.2, -0.15) is 0 Å². The Kier molecular flexibility index (Phi) is 5.56. The average molecular weight is 147 g/mol. The van der Waals surface area contributed by atoms with E-state index in [0.29, 0.717) is 13.1 Å². The summed E-state index contributed by atoms with van der Waals surface area (Å²) in [5, 5.41) is 18.2. The van der Waals surface area contributed by atoms with Crippen LogP contribution >= 0.6 is 0 Å². The topological polar surface area (TPSA) is 95.7 Å². The van der Waals surface area contributed by atoms with Crippen LogP contribution < -0.4 is 11.6 Å². The molecule has 0 rings (SSSR count). The molecule has 0 saturated heterocycles. The molecule has 0 spiro atoms. The number of rotatable bonds is 5. The molecule has 0 aliphatic carbocycles. The summed E-state index contributed by atoms with van der Waals surface area (Å²) in [5.41, 5.74) is 5.20. The molecule has 0 unspecified atom stereocenters. The first-order valence-corrected chi connectivity index (χ1v) is 3.22. The van der Waals surface area contributed by atoms with Crippen LogP contribution in [0.25, 0.3) is 0 Å². The molecule has 0 bridgehead atoms. The quantitative estimate of drug-likeness (QED) is 0.196. The van der Waals surface area contributed by atoms with E-state index in [9.17, 15) is 0 Å². The fourth-order valence-electron chi connectivity index (χ4n) is 0.595. The van der Waals surface area contributed by atoms with Crippen molar-refractivity contribution >= 4 is 7.12 Å². The van der Waals surface area contributed by atoms with Crippen molar-refractivity contribution in [3.63, 3.8) is 0 Å². The lowest BCUT2D eigenvalue weighted by molar-refractivity contribution is 0.283. The summed E-state index contributed by atoms with van der Waals surface area (Å²) in [6.07, 6.45) is 0.837. The van der Waals surface area contributed by atoms with Gasteiger partial charge in [0.15, 0.2) is 0 Å². The lowest BCUT2D eigenvalue weighted by Crippen LogP contribution is -2.41. The Morgan fingerprint density at radius 2 is 2.00 bits per heavy atom. The minimum atomic E-state index is -1.36. The van der Waals surface area contributed by atoms with Gasteiger partial charge in [-0.05, 0) is 13.0 Å². The third-order valence-corrected chi connectivity index (χ3v) is 1.05. The molecule has 10 heavy (non-hydrogen) atoms. The van der Waals surface area contributed by atoms with Gasteiger partial charge >= 0.3 is 7.12 Å². The SMILES string of the molecule is NCCCN(N)CB(O)O. The molecule has 6 heteroatoms. The molecule has 0 aromatic carbocycles. The van der Waals surface area contributed by atoms with Crippen LogP contribution in [0.4, 0.5) is 0 Å². The fourth-order valence-corrected chi connectivity index (χ4v) is 0.595. The van der Waals surface area contributed by atoms with E-state index in [1.54, 1.807) is 0 Å². The van der Waals surface area contributed by atoms with Gasteiger partial charge in [0.25, 0.3) is 0 Å². The Morgan fingerprint density at radius 1 is 1.40 bits per heavy atom. The molecule has 6 N–H and O–H groups in total. The molecule has 0 fully saturated rings. The number of hydrogen-bond acceptors (Lipinski definition) is 5. The number of nitrogens with zero attached hydrogens (tertiary/aromatic N) is 1. The highest BCUT2D eigenvalue weighted by Gasteiger charge is 2.09. The Morgan fingerprint density at radius 3 is 2.40 bits per heavy atom. The second kappa shape index (κ2) is 5.63. The molecule has 0 atom stereocenters. The zero-order valence-corrected chi connectivity index (χ0v) is 5.90. The predicted molar refractivity (Wildman–Crippen MR) is 39.6 cm³/mol. The minimum Gasteiger partial charge on any atom is -0.426 e. The van der Waals surface area contributed by atoms with Crippen LogP contribution in [0.5, 0.6) is 0 Å². The number of hydrogen-bond donors (Lipinski definition) is 4. The lowest BCUT2D eigenvalue weighted by atomic mass is 9.92. The number of nitrogens with two attached hydrogens (primary N) is 2. The van der Waals surface area contributed by atoms with Gasteiger partial charge < -0.3 is 15.8 Å². The van der Waals surface area contributed by atoms with Gasteiger partial charge in [-0.25, -0.2) is 5.01 Å². The summed E-state index contributed by atoms with van der Waals surface area (Å²) in [6.45, 7) is 1.16. The van der Waals surface area contributed by atoms with Gasteiger partial charge in [-0.15, -0.1) is 0 Å². The van der Waals surface area contributed by atoms with Crippen molar-refractivity contribution in [2.45, 2.75) is 6.42 Å². The van der Waals surface area contributed by atoms with Gasteiger partial charge in [0.1, 0.15) is 0 Å². The minimum absolute atomic E-state index is 0.0694. The summed E-state index contributed by atoms with van der Waals surface area (Å²) < 4.78 is 0. The molecule has 0 aromatic rings. The van der Waals surface area contributed by atoms with Crippen LogP contribution in [0.2, 0.25) is 0 Å². The maximum atomic E-state index is 8.42. The van der Waals surface area contributed by atoms with E-state index < -0.39 is 7.12 Å². The Labute approximate surface area is 60.7 Å². The van der Waals surface area contributed by atoms with Crippen LogP contribution in [0.1, 0.15) is 6.42 Å². The van der Waals surface area contributed by atoms with E-state index in [4.69, 9.17) is 21.6 Å². The zero-order chi connectivity index (χ0) is 7.98. The Balaban J connectivity index is 3.16. The first-order chi connectivity index (χ1) is 4.66. The molecule has 0 amide bonds.